The molecule has 2 aromatic rings. The van der Waals surface area contributed by atoms with Crippen LogP contribution in [0.1, 0.15) is 28.4 Å². The zero-order chi connectivity index (χ0) is 20.0. The first kappa shape index (κ1) is 20.3. The fourth-order valence-corrected chi connectivity index (χ4v) is 3.10. The zero-order valence-electron chi connectivity index (χ0n) is 16.5. The van der Waals surface area contributed by atoms with Crippen LogP contribution in [0.2, 0.25) is 0 Å². The SMILES string of the molecule is COc1cccc(OC)c1C(=O)NCCN(C(C)=O)c1c(C)cccc1C. The molecule has 0 radical (unpaired) electrons. The molecule has 0 aromatic heterocycles. The summed E-state index contributed by atoms with van der Waals surface area (Å²) in [5, 5.41) is 2.85. The van der Waals surface area contributed by atoms with E-state index in [1.807, 2.05) is 32.0 Å². The molecule has 0 aliphatic rings. The molecule has 27 heavy (non-hydrogen) atoms. The van der Waals surface area contributed by atoms with Crippen molar-refractivity contribution in [2.24, 2.45) is 0 Å². The standard InChI is InChI=1S/C21H26N2O4/c1-14-8-6-9-15(2)20(14)23(16(3)24)13-12-22-21(25)19-17(26-4)10-7-11-18(19)27-5/h6-11H,12-13H2,1-5H3,(H,22,25). The number of carbonyl (C=O) groups excluding carboxylic acids is 2. The molecular formula is C21H26N2O4. The van der Waals surface area contributed by atoms with E-state index in [0.29, 0.717) is 30.2 Å². The monoisotopic (exact) mass is 370 g/mol. The van der Waals surface area contributed by atoms with Crippen molar-refractivity contribution in [2.45, 2.75) is 20.8 Å². The van der Waals surface area contributed by atoms with Gasteiger partial charge in [0, 0.05) is 25.7 Å². The van der Waals surface area contributed by atoms with Crippen molar-refractivity contribution < 1.29 is 19.1 Å². The van der Waals surface area contributed by atoms with Gasteiger partial charge in [0.2, 0.25) is 5.91 Å². The van der Waals surface area contributed by atoms with Crippen LogP contribution in [-0.4, -0.2) is 39.1 Å². The molecular weight excluding hydrogens is 344 g/mol. The minimum absolute atomic E-state index is 0.0727. The van der Waals surface area contributed by atoms with Gasteiger partial charge < -0.3 is 19.7 Å². The number of nitrogens with zero attached hydrogens (tertiary/aromatic N) is 1. The Bertz CT molecular complexity index is 790. The number of carbonyl (C=O) groups is 2. The topological polar surface area (TPSA) is 67.9 Å². The number of methoxy groups -OCH3 is 2. The summed E-state index contributed by atoms with van der Waals surface area (Å²) in [5.74, 6) is 0.487. The van der Waals surface area contributed by atoms with Crippen LogP contribution >= 0.6 is 0 Å². The molecule has 0 fully saturated rings. The summed E-state index contributed by atoms with van der Waals surface area (Å²) in [6.45, 7) is 6.13. The number of para-hydroxylation sites is 1. The quantitative estimate of drug-likeness (QED) is 0.813. The van der Waals surface area contributed by atoms with E-state index in [1.165, 1.54) is 21.1 Å². The van der Waals surface area contributed by atoms with Gasteiger partial charge in [0.15, 0.2) is 0 Å². The lowest BCUT2D eigenvalue weighted by atomic mass is 10.1. The third kappa shape index (κ3) is 4.58. The maximum Gasteiger partial charge on any atom is 0.258 e. The minimum Gasteiger partial charge on any atom is -0.496 e. The Labute approximate surface area is 160 Å². The van der Waals surface area contributed by atoms with Crippen molar-refractivity contribution in [3.05, 3.63) is 53.1 Å². The van der Waals surface area contributed by atoms with Crippen molar-refractivity contribution >= 4 is 17.5 Å². The molecule has 0 saturated heterocycles. The Balaban J connectivity index is 2.15. The number of aryl methyl sites for hydroxylation is 2. The van der Waals surface area contributed by atoms with Gasteiger partial charge in [-0.2, -0.15) is 0 Å². The Hall–Kier alpha value is -3.02. The molecule has 6 nitrogen and oxygen atoms in total. The van der Waals surface area contributed by atoms with E-state index in [-0.39, 0.29) is 11.8 Å². The smallest absolute Gasteiger partial charge is 0.258 e. The van der Waals surface area contributed by atoms with Crippen LogP contribution in [0.3, 0.4) is 0 Å². The molecule has 0 atom stereocenters. The second kappa shape index (κ2) is 9.07. The summed E-state index contributed by atoms with van der Waals surface area (Å²) >= 11 is 0. The number of hydrogen-bond donors (Lipinski definition) is 1. The molecule has 6 heteroatoms. The van der Waals surface area contributed by atoms with Crippen molar-refractivity contribution in [1.82, 2.24) is 5.32 Å². The summed E-state index contributed by atoms with van der Waals surface area (Å²) < 4.78 is 10.5. The fraction of sp³-hybridized carbons (Fsp3) is 0.333. The van der Waals surface area contributed by atoms with E-state index < -0.39 is 0 Å². The minimum atomic E-state index is -0.311. The molecule has 2 aromatic carbocycles. The third-order valence-electron chi connectivity index (χ3n) is 4.37. The van der Waals surface area contributed by atoms with Crippen molar-refractivity contribution in [2.75, 3.05) is 32.2 Å². The predicted molar refractivity (Wildman–Crippen MR) is 106 cm³/mol. The van der Waals surface area contributed by atoms with E-state index in [1.54, 1.807) is 23.1 Å². The van der Waals surface area contributed by atoms with Gasteiger partial charge in [0.25, 0.3) is 5.91 Å². The summed E-state index contributed by atoms with van der Waals surface area (Å²) in [5.41, 5.74) is 3.25. The highest BCUT2D eigenvalue weighted by molar-refractivity contribution is 6.00. The van der Waals surface area contributed by atoms with Crippen LogP contribution in [0.15, 0.2) is 36.4 Å². The van der Waals surface area contributed by atoms with Crippen LogP contribution < -0.4 is 19.7 Å². The van der Waals surface area contributed by atoms with Gasteiger partial charge in [-0.15, -0.1) is 0 Å². The largest absolute Gasteiger partial charge is 0.496 e. The lowest BCUT2D eigenvalue weighted by Crippen LogP contribution is -2.38. The maximum atomic E-state index is 12.7. The van der Waals surface area contributed by atoms with Crippen molar-refractivity contribution in [3.63, 3.8) is 0 Å². The second-order valence-corrected chi connectivity index (χ2v) is 6.20. The molecule has 0 spiro atoms. The number of nitrogens with one attached hydrogen (secondary N) is 1. The van der Waals surface area contributed by atoms with E-state index in [0.717, 1.165) is 16.8 Å². The van der Waals surface area contributed by atoms with Gasteiger partial charge in [0.05, 0.1) is 14.2 Å². The second-order valence-electron chi connectivity index (χ2n) is 6.20. The van der Waals surface area contributed by atoms with Crippen LogP contribution in [0.25, 0.3) is 0 Å². The first-order valence-electron chi connectivity index (χ1n) is 8.74. The number of rotatable bonds is 7. The molecule has 0 aliphatic heterocycles. The molecule has 144 valence electrons. The highest BCUT2D eigenvalue weighted by Gasteiger charge is 2.20. The number of hydrogen-bond acceptors (Lipinski definition) is 4. The molecule has 2 amide bonds. The molecule has 0 saturated carbocycles. The Morgan fingerprint density at radius 2 is 1.48 bits per heavy atom. The van der Waals surface area contributed by atoms with E-state index in [2.05, 4.69) is 5.32 Å². The Morgan fingerprint density at radius 1 is 0.963 bits per heavy atom. The average molecular weight is 370 g/mol. The van der Waals surface area contributed by atoms with Gasteiger partial charge in [-0.25, -0.2) is 0 Å². The summed E-state index contributed by atoms with van der Waals surface area (Å²) in [4.78, 5) is 26.5. The van der Waals surface area contributed by atoms with Gasteiger partial charge in [-0.1, -0.05) is 24.3 Å². The Morgan fingerprint density at radius 3 is 1.96 bits per heavy atom. The van der Waals surface area contributed by atoms with Crippen molar-refractivity contribution in [1.29, 1.82) is 0 Å². The maximum absolute atomic E-state index is 12.7. The van der Waals surface area contributed by atoms with E-state index >= 15 is 0 Å². The van der Waals surface area contributed by atoms with Crippen LogP contribution in [0.5, 0.6) is 11.5 Å². The highest BCUT2D eigenvalue weighted by atomic mass is 16.5. The molecule has 0 unspecified atom stereocenters. The number of anilines is 1. The predicted octanol–water partition coefficient (Wildman–Crippen LogP) is 3.10. The van der Waals surface area contributed by atoms with Crippen LogP contribution in [0, 0.1) is 13.8 Å². The molecule has 1 N–H and O–H groups in total. The first-order valence-corrected chi connectivity index (χ1v) is 8.74. The number of ether oxygens (including phenoxy) is 2. The first-order chi connectivity index (χ1) is 12.9. The molecule has 0 bridgehead atoms. The fourth-order valence-electron chi connectivity index (χ4n) is 3.10. The summed E-state index contributed by atoms with van der Waals surface area (Å²) in [6, 6.07) is 11.1. The molecule has 2 rings (SSSR count). The zero-order valence-corrected chi connectivity index (χ0v) is 16.5. The average Bonchev–Trinajstić information content (AvgIpc) is 2.65. The highest BCUT2D eigenvalue weighted by Crippen LogP contribution is 2.28. The summed E-state index contributed by atoms with van der Waals surface area (Å²) in [6.07, 6.45) is 0. The lowest BCUT2D eigenvalue weighted by Gasteiger charge is -2.25. The normalized spacial score (nSPS) is 10.3. The summed E-state index contributed by atoms with van der Waals surface area (Å²) in [7, 11) is 3.01. The van der Waals surface area contributed by atoms with Gasteiger partial charge in [0.1, 0.15) is 17.1 Å². The third-order valence-corrected chi connectivity index (χ3v) is 4.37. The van der Waals surface area contributed by atoms with Gasteiger partial charge >= 0.3 is 0 Å². The molecule has 0 aliphatic carbocycles. The van der Waals surface area contributed by atoms with E-state index in [4.69, 9.17) is 9.47 Å². The van der Waals surface area contributed by atoms with Gasteiger partial charge in [-0.3, -0.25) is 9.59 Å². The van der Waals surface area contributed by atoms with Crippen LogP contribution in [-0.2, 0) is 4.79 Å². The molecule has 0 heterocycles. The number of benzene rings is 2. The Kier molecular flexibility index (Phi) is 6.82. The van der Waals surface area contributed by atoms with Gasteiger partial charge in [-0.05, 0) is 37.1 Å². The van der Waals surface area contributed by atoms with Crippen LogP contribution in [0.4, 0.5) is 5.69 Å². The number of amides is 2. The van der Waals surface area contributed by atoms with Crippen molar-refractivity contribution in [3.8, 4) is 11.5 Å². The lowest BCUT2D eigenvalue weighted by molar-refractivity contribution is -0.116. The van der Waals surface area contributed by atoms with E-state index in [9.17, 15) is 9.59 Å².